The molecule has 2 saturated heterocycles. The number of hydrogen-bond donors (Lipinski definition) is 1. The number of benzene rings is 1. The van der Waals surface area contributed by atoms with Gasteiger partial charge in [0.05, 0.1) is 16.4 Å². The minimum atomic E-state index is -0.329. The van der Waals surface area contributed by atoms with Crippen LogP contribution in [0.4, 0.5) is 5.69 Å². The number of hydrogen-bond acceptors (Lipinski definition) is 5. The van der Waals surface area contributed by atoms with Crippen molar-refractivity contribution in [3.63, 3.8) is 0 Å². The Balaban J connectivity index is 1.40. The van der Waals surface area contributed by atoms with E-state index in [9.17, 15) is 14.4 Å². The highest BCUT2D eigenvalue weighted by Gasteiger charge is 2.47. The highest BCUT2D eigenvalue weighted by molar-refractivity contribution is 8.16. The number of carbonyl (C=O) groups is 3. The predicted molar refractivity (Wildman–Crippen MR) is 109 cm³/mol. The molecule has 3 aliphatic rings. The summed E-state index contributed by atoms with van der Waals surface area (Å²) in [5.41, 5.74) is 1.90. The average Bonchev–Trinajstić information content (AvgIpc) is 2.94. The Morgan fingerprint density at radius 3 is 2.41 bits per heavy atom. The van der Waals surface area contributed by atoms with Gasteiger partial charge in [-0.05, 0) is 48.5 Å². The summed E-state index contributed by atoms with van der Waals surface area (Å²) in [7, 11) is 0. The maximum absolute atomic E-state index is 12.5. The third kappa shape index (κ3) is 3.94. The standard InChI is InChI=1S/C20H22N2O3S2/c23-17(12-22-18(24)15-7-1-2-8-16(15)19(22)25)21-14-6-3-5-13(11-14)20-26-9-4-10-27-20/h1-3,5-6,11,15-16,20H,4,7-10,12H2,(H,21,23)/t15-,16+. The average molecular weight is 403 g/mol. The first-order valence-electron chi connectivity index (χ1n) is 9.27. The molecule has 2 aliphatic heterocycles. The molecule has 2 heterocycles. The Kier molecular flexibility index (Phi) is 5.59. The predicted octanol–water partition coefficient (Wildman–Crippen LogP) is 3.45. The van der Waals surface area contributed by atoms with Crippen LogP contribution in [0.1, 0.15) is 29.4 Å². The number of anilines is 1. The van der Waals surface area contributed by atoms with Gasteiger partial charge in [-0.1, -0.05) is 24.3 Å². The smallest absolute Gasteiger partial charge is 0.244 e. The van der Waals surface area contributed by atoms with Crippen LogP contribution in [0.5, 0.6) is 0 Å². The summed E-state index contributed by atoms with van der Waals surface area (Å²) in [6.07, 6.45) is 6.31. The van der Waals surface area contributed by atoms with Gasteiger partial charge < -0.3 is 5.32 Å². The second-order valence-electron chi connectivity index (χ2n) is 7.02. The van der Waals surface area contributed by atoms with Crippen LogP contribution in [0, 0.1) is 11.8 Å². The third-order valence-corrected chi connectivity index (χ3v) is 8.19. The number of allylic oxidation sites excluding steroid dienone is 2. The van der Waals surface area contributed by atoms with Gasteiger partial charge in [-0.3, -0.25) is 19.3 Å². The molecule has 27 heavy (non-hydrogen) atoms. The Morgan fingerprint density at radius 2 is 1.74 bits per heavy atom. The lowest BCUT2D eigenvalue weighted by molar-refractivity contribution is -0.142. The van der Waals surface area contributed by atoms with Crippen LogP contribution < -0.4 is 5.32 Å². The third-order valence-electron chi connectivity index (χ3n) is 5.17. The van der Waals surface area contributed by atoms with Gasteiger partial charge in [0, 0.05) is 5.69 Å². The first kappa shape index (κ1) is 18.6. The Labute approximate surface area is 167 Å². The summed E-state index contributed by atoms with van der Waals surface area (Å²) in [6, 6.07) is 7.85. The minimum Gasteiger partial charge on any atom is -0.325 e. The van der Waals surface area contributed by atoms with E-state index >= 15 is 0 Å². The Bertz CT molecular complexity index is 763. The van der Waals surface area contributed by atoms with E-state index in [0.29, 0.717) is 23.1 Å². The van der Waals surface area contributed by atoms with E-state index in [1.54, 1.807) is 0 Å². The molecular formula is C20H22N2O3S2. The van der Waals surface area contributed by atoms with E-state index in [1.165, 1.54) is 12.0 Å². The summed E-state index contributed by atoms with van der Waals surface area (Å²) in [6.45, 7) is -0.207. The molecule has 1 aliphatic carbocycles. The highest BCUT2D eigenvalue weighted by atomic mass is 32.2. The van der Waals surface area contributed by atoms with Crippen molar-refractivity contribution in [3.05, 3.63) is 42.0 Å². The molecule has 4 rings (SSSR count). The fraction of sp³-hybridized carbons (Fsp3) is 0.450. The largest absolute Gasteiger partial charge is 0.325 e. The monoisotopic (exact) mass is 402 g/mol. The van der Waals surface area contributed by atoms with Crippen molar-refractivity contribution in [2.75, 3.05) is 23.4 Å². The number of likely N-dealkylation sites (tertiary alicyclic amines) is 1. The van der Waals surface area contributed by atoms with Crippen LogP contribution in [0.25, 0.3) is 0 Å². The van der Waals surface area contributed by atoms with Crippen LogP contribution in [-0.2, 0) is 14.4 Å². The van der Waals surface area contributed by atoms with Gasteiger partial charge in [0.2, 0.25) is 17.7 Å². The van der Waals surface area contributed by atoms with Crippen LogP contribution in [0.2, 0.25) is 0 Å². The van der Waals surface area contributed by atoms with Crippen molar-refractivity contribution in [3.8, 4) is 0 Å². The molecule has 1 aromatic rings. The van der Waals surface area contributed by atoms with Gasteiger partial charge >= 0.3 is 0 Å². The molecule has 0 aromatic heterocycles. The lowest BCUT2D eigenvalue weighted by atomic mass is 9.85. The number of nitrogens with one attached hydrogen (secondary N) is 1. The Hall–Kier alpha value is -1.73. The van der Waals surface area contributed by atoms with Gasteiger partial charge in [-0.2, -0.15) is 0 Å². The van der Waals surface area contributed by atoms with Crippen molar-refractivity contribution >= 4 is 46.9 Å². The molecule has 0 radical (unpaired) electrons. The van der Waals surface area contributed by atoms with E-state index in [0.717, 1.165) is 16.4 Å². The van der Waals surface area contributed by atoms with E-state index in [1.807, 2.05) is 53.9 Å². The summed E-state index contributed by atoms with van der Waals surface area (Å²) >= 11 is 3.86. The van der Waals surface area contributed by atoms with Crippen molar-refractivity contribution in [1.29, 1.82) is 0 Å². The van der Waals surface area contributed by atoms with Crippen molar-refractivity contribution in [1.82, 2.24) is 4.90 Å². The second-order valence-corrected chi connectivity index (χ2v) is 9.74. The molecular weight excluding hydrogens is 380 g/mol. The number of nitrogens with zero attached hydrogens (tertiary/aromatic N) is 1. The maximum atomic E-state index is 12.5. The van der Waals surface area contributed by atoms with E-state index < -0.39 is 0 Å². The molecule has 2 atom stereocenters. The Morgan fingerprint density at radius 1 is 1.07 bits per heavy atom. The SMILES string of the molecule is O=C(CN1C(=O)[C@H]2CC=CC[C@H]2C1=O)Nc1cccc(C2SCCCS2)c1. The van der Waals surface area contributed by atoms with Crippen molar-refractivity contribution < 1.29 is 14.4 Å². The highest BCUT2D eigenvalue weighted by Crippen LogP contribution is 2.44. The lowest BCUT2D eigenvalue weighted by Crippen LogP contribution is -2.38. The first-order chi connectivity index (χ1) is 13.1. The fourth-order valence-electron chi connectivity index (χ4n) is 3.81. The lowest BCUT2D eigenvalue weighted by Gasteiger charge is -2.21. The second kappa shape index (κ2) is 8.10. The zero-order valence-corrected chi connectivity index (χ0v) is 16.6. The number of fused-ring (bicyclic) bond motifs is 1. The molecule has 2 fully saturated rings. The molecule has 0 unspecified atom stereocenters. The van der Waals surface area contributed by atoms with Gasteiger partial charge in [-0.25, -0.2) is 0 Å². The molecule has 1 N–H and O–H groups in total. The number of thioether (sulfide) groups is 2. The molecule has 142 valence electrons. The van der Waals surface area contributed by atoms with E-state index in [4.69, 9.17) is 0 Å². The number of amides is 3. The molecule has 0 saturated carbocycles. The summed E-state index contributed by atoms with van der Waals surface area (Å²) in [4.78, 5) is 38.6. The number of rotatable bonds is 4. The van der Waals surface area contributed by atoms with Crippen LogP contribution in [0.3, 0.4) is 0 Å². The van der Waals surface area contributed by atoms with Gasteiger partial charge in [0.1, 0.15) is 6.54 Å². The summed E-state index contributed by atoms with van der Waals surface area (Å²) in [5, 5.41) is 2.85. The topological polar surface area (TPSA) is 66.5 Å². The minimum absolute atomic E-state index is 0.207. The van der Waals surface area contributed by atoms with E-state index in [-0.39, 0.29) is 36.1 Å². The molecule has 7 heteroatoms. The molecule has 0 bridgehead atoms. The molecule has 1 aromatic carbocycles. The molecule has 5 nitrogen and oxygen atoms in total. The molecule has 0 spiro atoms. The normalized spacial score (nSPS) is 25.6. The number of carbonyl (C=O) groups excluding carboxylic acids is 3. The number of imide groups is 1. The molecule has 3 amide bonds. The van der Waals surface area contributed by atoms with Gasteiger partial charge in [0.25, 0.3) is 0 Å². The van der Waals surface area contributed by atoms with Crippen LogP contribution in [0.15, 0.2) is 36.4 Å². The first-order valence-corrected chi connectivity index (χ1v) is 11.4. The zero-order chi connectivity index (χ0) is 18.8. The van der Waals surface area contributed by atoms with Gasteiger partial charge in [-0.15, -0.1) is 23.5 Å². The quantitative estimate of drug-likeness (QED) is 0.617. The van der Waals surface area contributed by atoms with Crippen LogP contribution >= 0.6 is 23.5 Å². The van der Waals surface area contributed by atoms with Crippen LogP contribution in [-0.4, -0.2) is 40.7 Å². The van der Waals surface area contributed by atoms with Crippen molar-refractivity contribution in [2.24, 2.45) is 11.8 Å². The fourth-order valence-corrected chi connectivity index (χ4v) is 6.69. The maximum Gasteiger partial charge on any atom is 0.244 e. The summed E-state index contributed by atoms with van der Waals surface area (Å²) in [5.74, 6) is 0.971. The van der Waals surface area contributed by atoms with E-state index in [2.05, 4.69) is 11.4 Å². The van der Waals surface area contributed by atoms with Gasteiger partial charge in [0.15, 0.2) is 0 Å². The summed E-state index contributed by atoms with van der Waals surface area (Å²) < 4.78 is 0.396. The van der Waals surface area contributed by atoms with Crippen molar-refractivity contribution in [2.45, 2.75) is 23.8 Å². The zero-order valence-electron chi connectivity index (χ0n) is 14.9.